The first-order valence-corrected chi connectivity index (χ1v) is 11.6. The molecular weight excluding hydrogens is 408 g/mol. The molecule has 33 heavy (non-hydrogen) atoms. The van der Waals surface area contributed by atoms with Gasteiger partial charge in [0.15, 0.2) is 37.9 Å². The van der Waals surface area contributed by atoms with Gasteiger partial charge in [-0.1, -0.05) is 60.7 Å². The van der Waals surface area contributed by atoms with Crippen molar-refractivity contribution in [2.75, 3.05) is 13.2 Å². The van der Waals surface area contributed by atoms with E-state index in [4.69, 9.17) is 4.74 Å². The van der Waals surface area contributed by atoms with Crippen molar-refractivity contribution >= 4 is 0 Å². The van der Waals surface area contributed by atoms with Gasteiger partial charge in [0.05, 0.1) is 19.3 Å². The predicted octanol–water partition coefficient (Wildman–Crippen LogP) is 4.45. The zero-order valence-corrected chi connectivity index (χ0v) is 19.0. The lowest BCUT2D eigenvalue weighted by atomic mass is 10.1. The fourth-order valence-corrected chi connectivity index (χ4v) is 3.98. The highest BCUT2D eigenvalue weighted by atomic mass is 16.5. The van der Waals surface area contributed by atoms with E-state index in [9.17, 15) is 5.11 Å². The quantitative estimate of drug-likeness (QED) is 0.350. The molecule has 4 nitrogen and oxygen atoms in total. The molecule has 0 atom stereocenters. The third-order valence-electron chi connectivity index (χ3n) is 5.86. The summed E-state index contributed by atoms with van der Waals surface area (Å²) >= 11 is 0. The second kappa shape index (κ2) is 12.0. The van der Waals surface area contributed by atoms with E-state index in [1.807, 2.05) is 12.1 Å². The summed E-state index contributed by atoms with van der Waals surface area (Å²) in [6.07, 6.45) is 10.4. The maximum atomic E-state index is 9.23. The highest BCUT2D eigenvalue weighted by Gasteiger charge is 2.15. The van der Waals surface area contributed by atoms with E-state index in [-0.39, 0.29) is 12.7 Å². The van der Waals surface area contributed by atoms with Gasteiger partial charge < -0.3 is 9.84 Å². The maximum absolute atomic E-state index is 9.23. The Hall–Kier alpha value is -3.34. The lowest BCUT2D eigenvalue weighted by Crippen LogP contribution is -2.38. The number of aryl methyl sites for hydroxylation is 2. The van der Waals surface area contributed by atoms with Gasteiger partial charge in [-0.25, -0.2) is 9.13 Å². The number of rotatable bonds is 11. The van der Waals surface area contributed by atoms with E-state index in [0.717, 1.165) is 25.9 Å². The Bertz CT molecular complexity index is 995. The molecule has 0 radical (unpaired) electrons. The molecule has 0 amide bonds. The van der Waals surface area contributed by atoms with Crippen LogP contribution >= 0.6 is 0 Å². The van der Waals surface area contributed by atoms with Crippen LogP contribution in [0.15, 0.2) is 110 Å². The van der Waals surface area contributed by atoms with Crippen LogP contribution in [-0.2, 0) is 17.8 Å². The van der Waals surface area contributed by atoms with Crippen LogP contribution in [0.1, 0.15) is 12.8 Å². The maximum Gasteiger partial charge on any atom is 0.169 e. The molecule has 2 aromatic heterocycles. The summed E-state index contributed by atoms with van der Waals surface area (Å²) in [6, 6.07) is 29.5. The van der Waals surface area contributed by atoms with Crippen LogP contribution in [0.25, 0.3) is 22.3 Å². The van der Waals surface area contributed by atoms with Crippen molar-refractivity contribution in [3.8, 4) is 22.3 Å². The number of aromatic nitrogens is 2. The molecule has 168 valence electrons. The normalized spacial score (nSPS) is 11.1. The Morgan fingerprint density at radius 2 is 0.970 bits per heavy atom. The summed E-state index contributed by atoms with van der Waals surface area (Å²) in [5.74, 6) is 0. The molecule has 4 aromatic rings. The summed E-state index contributed by atoms with van der Waals surface area (Å²) in [5, 5.41) is 9.23. The number of pyridine rings is 2. The topological polar surface area (TPSA) is 37.2 Å². The van der Waals surface area contributed by atoms with Gasteiger partial charge in [0.2, 0.25) is 0 Å². The van der Waals surface area contributed by atoms with Gasteiger partial charge in [-0.2, -0.15) is 0 Å². The first kappa shape index (κ1) is 22.8. The monoisotopic (exact) mass is 440 g/mol. The van der Waals surface area contributed by atoms with Crippen molar-refractivity contribution in [1.82, 2.24) is 0 Å². The lowest BCUT2D eigenvalue weighted by molar-refractivity contribution is -0.702. The molecule has 1 N–H and O–H groups in total. The third kappa shape index (κ3) is 6.82. The SMILES string of the molecule is OCCOC(CC[n+]1ccc(-c2ccccc2)cc1)CC[n+]1ccc(-c2ccccc2)cc1. The zero-order chi connectivity index (χ0) is 22.7. The summed E-state index contributed by atoms with van der Waals surface area (Å²) in [4.78, 5) is 0. The molecule has 4 heteroatoms. The van der Waals surface area contributed by atoms with Crippen molar-refractivity contribution in [1.29, 1.82) is 0 Å². The largest absolute Gasteiger partial charge is 0.394 e. The Morgan fingerprint density at radius 3 is 1.36 bits per heavy atom. The molecule has 0 aliphatic rings. The molecular formula is C29H32N2O2+2. The first-order chi connectivity index (χ1) is 16.3. The summed E-state index contributed by atoms with van der Waals surface area (Å²) in [7, 11) is 0. The van der Waals surface area contributed by atoms with Crippen LogP contribution in [0.3, 0.4) is 0 Å². The average molecular weight is 441 g/mol. The van der Waals surface area contributed by atoms with Crippen molar-refractivity contribution < 1.29 is 19.0 Å². The number of ether oxygens (including phenoxy) is 1. The Kier molecular flexibility index (Phi) is 8.34. The van der Waals surface area contributed by atoms with Crippen molar-refractivity contribution in [3.63, 3.8) is 0 Å². The fraction of sp³-hybridized carbons (Fsp3) is 0.241. The predicted molar refractivity (Wildman–Crippen MR) is 130 cm³/mol. The second-order valence-electron chi connectivity index (χ2n) is 8.18. The molecule has 0 saturated heterocycles. The third-order valence-corrected chi connectivity index (χ3v) is 5.86. The smallest absolute Gasteiger partial charge is 0.169 e. The summed E-state index contributed by atoms with van der Waals surface area (Å²) in [6.45, 7) is 2.18. The lowest BCUT2D eigenvalue weighted by Gasteiger charge is -2.14. The number of aliphatic hydroxyl groups excluding tert-OH is 1. The number of hydrogen-bond donors (Lipinski definition) is 1. The molecule has 0 saturated carbocycles. The second-order valence-corrected chi connectivity index (χ2v) is 8.18. The average Bonchev–Trinajstić information content (AvgIpc) is 2.90. The van der Waals surface area contributed by atoms with Crippen molar-refractivity contribution in [3.05, 3.63) is 110 Å². The van der Waals surface area contributed by atoms with Crippen LogP contribution < -0.4 is 9.13 Å². The van der Waals surface area contributed by atoms with Crippen molar-refractivity contribution in [2.45, 2.75) is 32.0 Å². The molecule has 0 fully saturated rings. The van der Waals surface area contributed by atoms with Gasteiger partial charge in [-0.15, -0.1) is 0 Å². The number of aliphatic hydroxyl groups is 1. The molecule has 0 unspecified atom stereocenters. The minimum atomic E-state index is 0.0499. The summed E-state index contributed by atoms with van der Waals surface area (Å²) in [5.41, 5.74) is 4.89. The number of nitrogens with zero attached hydrogens (tertiary/aromatic N) is 2. The Labute approximate surface area is 196 Å². The van der Waals surface area contributed by atoms with E-state index < -0.39 is 0 Å². The van der Waals surface area contributed by atoms with Crippen LogP contribution in [0, 0.1) is 0 Å². The Morgan fingerprint density at radius 1 is 0.576 bits per heavy atom. The molecule has 2 heterocycles. The summed E-state index contributed by atoms with van der Waals surface area (Å²) < 4.78 is 10.3. The van der Waals surface area contributed by atoms with Gasteiger partial charge in [-0.3, -0.25) is 0 Å². The van der Waals surface area contributed by atoms with Gasteiger partial charge in [0.25, 0.3) is 0 Å². The number of benzene rings is 2. The Balaban J connectivity index is 1.31. The fourth-order valence-electron chi connectivity index (χ4n) is 3.98. The first-order valence-electron chi connectivity index (χ1n) is 11.6. The molecule has 2 aromatic carbocycles. The van der Waals surface area contributed by atoms with Gasteiger partial charge >= 0.3 is 0 Å². The van der Waals surface area contributed by atoms with E-state index in [2.05, 4.69) is 107 Å². The van der Waals surface area contributed by atoms with E-state index in [1.165, 1.54) is 22.3 Å². The van der Waals surface area contributed by atoms with E-state index >= 15 is 0 Å². The molecule has 0 bridgehead atoms. The zero-order valence-electron chi connectivity index (χ0n) is 19.0. The number of hydrogen-bond acceptors (Lipinski definition) is 2. The van der Waals surface area contributed by atoms with E-state index in [0.29, 0.717) is 6.61 Å². The minimum absolute atomic E-state index is 0.0499. The highest BCUT2D eigenvalue weighted by Crippen LogP contribution is 2.17. The molecule has 4 rings (SSSR count). The van der Waals surface area contributed by atoms with Crippen LogP contribution in [0.5, 0.6) is 0 Å². The minimum Gasteiger partial charge on any atom is -0.394 e. The van der Waals surface area contributed by atoms with Gasteiger partial charge in [0.1, 0.15) is 0 Å². The molecule has 0 aliphatic carbocycles. The molecule has 0 aliphatic heterocycles. The standard InChI is InChI=1S/C29H32N2O2/c32-23-24-33-29(15-21-30-17-11-27(12-18-30)25-7-3-1-4-8-25)16-22-31-19-13-28(14-20-31)26-9-5-2-6-10-26/h1-14,17-20,29,32H,15-16,21-24H2/q+2. The highest BCUT2D eigenvalue weighted by molar-refractivity contribution is 5.62. The van der Waals surface area contributed by atoms with Crippen LogP contribution in [0.2, 0.25) is 0 Å². The van der Waals surface area contributed by atoms with Gasteiger partial charge in [-0.05, 0) is 22.3 Å². The van der Waals surface area contributed by atoms with Crippen LogP contribution in [-0.4, -0.2) is 24.4 Å². The van der Waals surface area contributed by atoms with Gasteiger partial charge in [0, 0.05) is 37.1 Å². The van der Waals surface area contributed by atoms with Crippen LogP contribution in [0.4, 0.5) is 0 Å². The molecule has 0 spiro atoms. The van der Waals surface area contributed by atoms with E-state index in [1.54, 1.807) is 0 Å². The van der Waals surface area contributed by atoms with Crippen molar-refractivity contribution in [2.24, 2.45) is 0 Å².